The fourth-order valence-corrected chi connectivity index (χ4v) is 7.36. The van der Waals surface area contributed by atoms with Gasteiger partial charge >= 0.3 is 13.2 Å². The first kappa shape index (κ1) is 34.8. The minimum Gasteiger partial charge on any atom is -0.453 e. The van der Waals surface area contributed by atoms with E-state index in [1.165, 1.54) is 7.11 Å². The number of carbonyl (C=O) groups is 4. The van der Waals surface area contributed by atoms with Gasteiger partial charge in [0.1, 0.15) is 18.1 Å². The molecule has 11 nitrogen and oxygen atoms in total. The molecular formula is C33H51BN4O7. The smallest absolute Gasteiger partial charge is 0.453 e. The Kier molecular flexibility index (Phi) is 10.9. The lowest BCUT2D eigenvalue weighted by Gasteiger charge is -2.64. The summed E-state index contributed by atoms with van der Waals surface area (Å²) in [5, 5.41) is 11.2. The molecule has 4 aliphatic rings. The molecule has 1 heterocycles. The van der Waals surface area contributed by atoms with Crippen molar-refractivity contribution in [1.82, 2.24) is 21.3 Å². The highest BCUT2D eigenvalue weighted by Crippen LogP contribution is 2.65. The first-order valence-corrected chi connectivity index (χ1v) is 16.3. The summed E-state index contributed by atoms with van der Waals surface area (Å²) in [4.78, 5) is 52.5. The third-order valence-electron chi connectivity index (χ3n) is 10.1. The molecule has 0 radical (unpaired) electrons. The number of carbonyl (C=O) groups excluding carboxylic acids is 4. The Morgan fingerprint density at radius 1 is 0.933 bits per heavy atom. The van der Waals surface area contributed by atoms with Crippen molar-refractivity contribution < 1.29 is 33.2 Å². The second-order valence-electron chi connectivity index (χ2n) is 14.4. The van der Waals surface area contributed by atoms with Crippen LogP contribution in [-0.4, -0.2) is 74.3 Å². The maximum atomic E-state index is 13.8. The summed E-state index contributed by atoms with van der Waals surface area (Å²) >= 11 is 0. The van der Waals surface area contributed by atoms with Crippen LogP contribution in [0.25, 0.3) is 0 Å². The number of alkyl carbamates (subject to hydrolysis) is 1. The Balaban J connectivity index is 1.42. The van der Waals surface area contributed by atoms with Crippen molar-refractivity contribution in [3.05, 3.63) is 35.9 Å². The van der Waals surface area contributed by atoms with Crippen LogP contribution in [0.3, 0.4) is 0 Å². The van der Waals surface area contributed by atoms with E-state index in [9.17, 15) is 19.2 Å². The maximum Gasteiger partial charge on any atom is 0.478 e. The van der Waals surface area contributed by atoms with E-state index in [0.717, 1.165) is 18.4 Å². The Labute approximate surface area is 267 Å². The van der Waals surface area contributed by atoms with Gasteiger partial charge in [-0.05, 0) is 60.8 Å². The average Bonchev–Trinajstić information content (AvgIpc) is 3.33. The molecular weight excluding hydrogens is 575 g/mol. The highest BCUT2D eigenvalue weighted by atomic mass is 16.7. The van der Waals surface area contributed by atoms with Gasteiger partial charge in [-0.1, -0.05) is 71.9 Å². The molecule has 4 fully saturated rings. The van der Waals surface area contributed by atoms with Crippen molar-refractivity contribution >= 4 is 30.9 Å². The molecule has 2 bridgehead atoms. The number of nitrogens with one attached hydrogen (secondary N) is 4. The summed E-state index contributed by atoms with van der Waals surface area (Å²) in [5.41, 5.74) is 0.672. The van der Waals surface area contributed by atoms with Crippen LogP contribution in [0.4, 0.5) is 4.79 Å². The van der Waals surface area contributed by atoms with E-state index in [-0.39, 0.29) is 47.7 Å². The molecule has 0 spiro atoms. The number of hydrogen-bond donors (Lipinski definition) is 4. The zero-order chi connectivity index (χ0) is 33.1. The molecule has 3 aliphatic carbocycles. The molecule has 7 atom stereocenters. The Morgan fingerprint density at radius 2 is 1.60 bits per heavy atom. The first-order valence-electron chi connectivity index (χ1n) is 16.3. The van der Waals surface area contributed by atoms with Gasteiger partial charge in [-0.15, -0.1) is 0 Å². The third-order valence-corrected chi connectivity index (χ3v) is 10.1. The molecule has 3 saturated carbocycles. The van der Waals surface area contributed by atoms with E-state index in [2.05, 4.69) is 46.8 Å². The predicted octanol–water partition coefficient (Wildman–Crippen LogP) is 3.01. The highest BCUT2D eigenvalue weighted by molar-refractivity contribution is 6.46. The maximum absolute atomic E-state index is 13.8. The van der Waals surface area contributed by atoms with Crippen LogP contribution >= 0.6 is 0 Å². The number of ether oxygens (including phenoxy) is 1. The number of benzene rings is 1. The number of amides is 4. The Morgan fingerprint density at radius 3 is 2.20 bits per heavy atom. The molecule has 248 valence electrons. The normalized spacial score (nSPS) is 26.6. The minimum atomic E-state index is -0.998. The van der Waals surface area contributed by atoms with Crippen LogP contribution in [0, 0.1) is 29.1 Å². The average molecular weight is 627 g/mol. The second-order valence-corrected chi connectivity index (χ2v) is 14.4. The van der Waals surface area contributed by atoms with Gasteiger partial charge in [0.25, 0.3) is 0 Å². The van der Waals surface area contributed by atoms with Gasteiger partial charge < -0.3 is 35.3 Å². The van der Waals surface area contributed by atoms with Gasteiger partial charge in [0.2, 0.25) is 17.7 Å². The lowest BCUT2D eigenvalue weighted by molar-refractivity contribution is -0.199. The zero-order valence-electron chi connectivity index (χ0n) is 28.0. The van der Waals surface area contributed by atoms with Gasteiger partial charge in [0.05, 0.1) is 25.3 Å². The molecule has 4 N–H and O–H groups in total. The standard InChI is InChI=1S/C33H51BN4O7/c1-19(2)14-23(28(39)35-18-34-44-26-17-22-16-25(32(22,5)6)33(26,7)45-34)36-29(40)24(15-21-12-10-9-11-13-21)37-30(41)27(20(3)4)38-31(42)43-8/h9-13,19-20,22-27H,14-18H2,1-8H3,(H,35,39)(H,36,40)(H,37,41)(H,38,42)/t22-,23-,24?,25?,26+,27-,33-/m0/s1. The van der Waals surface area contributed by atoms with Crippen LogP contribution in [0.15, 0.2) is 30.3 Å². The molecule has 0 aromatic heterocycles. The van der Waals surface area contributed by atoms with Crippen molar-refractivity contribution in [2.45, 2.75) is 104 Å². The van der Waals surface area contributed by atoms with Crippen molar-refractivity contribution in [3.63, 3.8) is 0 Å². The predicted molar refractivity (Wildman–Crippen MR) is 171 cm³/mol. The van der Waals surface area contributed by atoms with E-state index in [0.29, 0.717) is 18.3 Å². The Hall–Kier alpha value is -3.12. The molecule has 1 aromatic carbocycles. The number of rotatable bonds is 13. The zero-order valence-corrected chi connectivity index (χ0v) is 28.0. The van der Waals surface area contributed by atoms with Crippen molar-refractivity contribution in [3.8, 4) is 0 Å². The molecule has 5 rings (SSSR count). The molecule has 45 heavy (non-hydrogen) atoms. The summed E-state index contributed by atoms with van der Waals surface area (Å²) < 4.78 is 17.4. The van der Waals surface area contributed by atoms with Gasteiger partial charge in [0, 0.05) is 6.42 Å². The topological polar surface area (TPSA) is 144 Å². The summed E-state index contributed by atoms with van der Waals surface area (Å²) in [6.45, 7) is 14.3. The van der Waals surface area contributed by atoms with Gasteiger partial charge in [-0.25, -0.2) is 4.79 Å². The lowest BCUT2D eigenvalue weighted by Crippen LogP contribution is -2.65. The minimum absolute atomic E-state index is 0.00744. The lowest BCUT2D eigenvalue weighted by atomic mass is 9.43. The first-order chi connectivity index (χ1) is 21.1. The fraction of sp³-hybridized carbons (Fsp3) is 0.697. The van der Waals surface area contributed by atoms with Gasteiger partial charge in [0.15, 0.2) is 0 Å². The highest BCUT2D eigenvalue weighted by Gasteiger charge is 2.67. The van der Waals surface area contributed by atoms with Crippen molar-refractivity contribution in [1.29, 1.82) is 0 Å². The van der Waals surface area contributed by atoms with Crippen LogP contribution in [0.5, 0.6) is 0 Å². The van der Waals surface area contributed by atoms with Crippen LogP contribution < -0.4 is 21.3 Å². The van der Waals surface area contributed by atoms with E-state index in [4.69, 9.17) is 9.31 Å². The van der Waals surface area contributed by atoms with E-state index < -0.39 is 43.2 Å². The monoisotopic (exact) mass is 626 g/mol. The summed E-state index contributed by atoms with van der Waals surface area (Å²) in [6.07, 6.45) is 2.12. The van der Waals surface area contributed by atoms with Gasteiger partial charge in [-0.3, -0.25) is 14.4 Å². The number of methoxy groups -OCH3 is 1. The molecule has 1 saturated heterocycles. The molecule has 1 aliphatic heterocycles. The molecule has 4 amide bonds. The summed E-state index contributed by atoms with van der Waals surface area (Å²) in [7, 11) is 0.660. The fourth-order valence-electron chi connectivity index (χ4n) is 7.36. The largest absolute Gasteiger partial charge is 0.478 e. The SMILES string of the molecule is COC(=O)N[C@H](C(=O)NC(Cc1ccccc1)C(=O)N[C@@H](CC(C)C)C(=O)NCB1O[C@@H]2C[C@@H]3CC(C3(C)C)[C@]2(C)O1)C(C)C. The van der Waals surface area contributed by atoms with Crippen LogP contribution in [0.1, 0.15) is 73.3 Å². The van der Waals surface area contributed by atoms with E-state index in [1.807, 2.05) is 44.2 Å². The van der Waals surface area contributed by atoms with Crippen LogP contribution in [0.2, 0.25) is 0 Å². The molecule has 2 unspecified atom stereocenters. The van der Waals surface area contributed by atoms with Crippen molar-refractivity contribution in [2.75, 3.05) is 13.6 Å². The molecule has 12 heteroatoms. The van der Waals surface area contributed by atoms with Crippen LogP contribution in [-0.2, 0) is 34.9 Å². The van der Waals surface area contributed by atoms with Gasteiger partial charge in [-0.2, -0.15) is 0 Å². The van der Waals surface area contributed by atoms with E-state index in [1.54, 1.807) is 13.8 Å². The van der Waals surface area contributed by atoms with Crippen molar-refractivity contribution in [2.24, 2.45) is 29.1 Å². The van der Waals surface area contributed by atoms with E-state index >= 15 is 0 Å². The molecule has 1 aromatic rings. The second kappa shape index (κ2) is 14.1. The third kappa shape index (κ3) is 7.82. The Bertz CT molecular complexity index is 1230. The quantitative estimate of drug-likeness (QED) is 0.247. The summed E-state index contributed by atoms with van der Waals surface area (Å²) in [6, 6.07) is 6.54. The summed E-state index contributed by atoms with van der Waals surface area (Å²) in [5.74, 6) is -0.493. The number of hydrogen-bond acceptors (Lipinski definition) is 7.